The van der Waals surface area contributed by atoms with Gasteiger partial charge in [0, 0.05) is 11.8 Å². The number of anilines is 1. The summed E-state index contributed by atoms with van der Waals surface area (Å²) in [6, 6.07) is 3.46. The lowest BCUT2D eigenvalue weighted by Gasteiger charge is -2.15. The number of nitrogens with zero attached hydrogens (tertiary/aromatic N) is 1. The van der Waals surface area contributed by atoms with Gasteiger partial charge < -0.3 is 10.3 Å². The zero-order chi connectivity index (χ0) is 15.8. The summed E-state index contributed by atoms with van der Waals surface area (Å²) in [7, 11) is -3.67. The summed E-state index contributed by atoms with van der Waals surface area (Å²) in [6.07, 6.45) is 0. The average Bonchev–Trinajstić information content (AvgIpc) is 2.79. The van der Waals surface area contributed by atoms with Gasteiger partial charge in [0.1, 0.15) is 0 Å². The Hall–Kier alpha value is -1.86. The zero-order valence-electron chi connectivity index (χ0n) is 12.5. The molecule has 0 atom stereocenters. The van der Waals surface area contributed by atoms with Crippen LogP contribution >= 0.6 is 0 Å². The predicted octanol–water partition coefficient (Wildman–Crippen LogP) is 1.97. The fourth-order valence-electron chi connectivity index (χ4n) is 2.33. The molecule has 2 rings (SSSR count). The summed E-state index contributed by atoms with van der Waals surface area (Å²) in [5, 5.41) is 3.72. The fraction of sp³-hybridized carbons (Fsp3) is 0.357. The van der Waals surface area contributed by atoms with Crippen LogP contribution in [0.25, 0.3) is 0 Å². The maximum Gasteiger partial charge on any atom is 0.241 e. The van der Waals surface area contributed by atoms with Crippen molar-refractivity contribution < 1.29 is 12.9 Å². The van der Waals surface area contributed by atoms with Gasteiger partial charge in [-0.1, -0.05) is 11.2 Å². The van der Waals surface area contributed by atoms with Crippen molar-refractivity contribution in [1.82, 2.24) is 9.88 Å². The number of aryl methyl sites for hydroxylation is 3. The lowest BCUT2D eigenvalue weighted by molar-refractivity contribution is 0.377. The van der Waals surface area contributed by atoms with Crippen molar-refractivity contribution >= 4 is 15.7 Å². The van der Waals surface area contributed by atoms with Crippen LogP contribution in [0, 0.1) is 27.7 Å². The second-order valence-corrected chi connectivity index (χ2v) is 6.84. The third kappa shape index (κ3) is 3.08. The molecule has 7 heteroatoms. The van der Waals surface area contributed by atoms with Gasteiger partial charge in [-0.3, -0.25) is 0 Å². The van der Waals surface area contributed by atoms with Gasteiger partial charge in [-0.2, -0.15) is 0 Å². The number of benzene rings is 1. The lowest BCUT2D eigenvalue weighted by atomic mass is 10.1. The standard InChI is InChI=1S/C14H19N3O3S/c1-8-5-9(2)14(11(4)13(8)15)21(18,19)16-7-12-6-10(3)17-20-12/h5-6,16H,7,15H2,1-4H3. The van der Waals surface area contributed by atoms with Gasteiger partial charge in [0.05, 0.1) is 17.1 Å². The summed E-state index contributed by atoms with van der Waals surface area (Å²) in [6.45, 7) is 7.15. The van der Waals surface area contributed by atoms with Gasteiger partial charge in [0.2, 0.25) is 10.0 Å². The summed E-state index contributed by atoms with van der Waals surface area (Å²) in [5.74, 6) is 0.464. The van der Waals surface area contributed by atoms with E-state index in [1.807, 2.05) is 6.92 Å². The van der Waals surface area contributed by atoms with Crippen LogP contribution in [0.5, 0.6) is 0 Å². The quantitative estimate of drug-likeness (QED) is 0.841. The Labute approximate surface area is 124 Å². The van der Waals surface area contributed by atoms with E-state index < -0.39 is 10.0 Å². The minimum atomic E-state index is -3.67. The van der Waals surface area contributed by atoms with E-state index in [0.29, 0.717) is 28.3 Å². The van der Waals surface area contributed by atoms with Crippen LogP contribution in [0.15, 0.2) is 21.6 Å². The summed E-state index contributed by atoms with van der Waals surface area (Å²) in [5.41, 5.74) is 9.24. The van der Waals surface area contributed by atoms with Gasteiger partial charge in [0.15, 0.2) is 5.76 Å². The fourth-order valence-corrected chi connectivity index (χ4v) is 3.81. The van der Waals surface area contributed by atoms with Gasteiger partial charge in [-0.15, -0.1) is 0 Å². The maximum atomic E-state index is 12.5. The SMILES string of the molecule is Cc1cc(CNS(=O)(=O)c2c(C)cc(C)c(N)c2C)on1. The second kappa shape index (κ2) is 5.50. The van der Waals surface area contributed by atoms with Crippen LogP contribution in [0.4, 0.5) is 5.69 Å². The molecule has 0 spiro atoms. The molecule has 1 aromatic carbocycles. The molecule has 0 amide bonds. The molecule has 6 nitrogen and oxygen atoms in total. The van der Waals surface area contributed by atoms with E-state index in [1.54, 1.807) is 32.9 Å². The van der Waals surface area contributed by atoms with Crippen LogP contribution in [-0.2, 0) is 16.6 Å². The van der Waals surface area contributed by atoms with E-state index in [-0.39, 0.29) is 11.4 Å². The molecule has 0 bridgehead atoms. The monoisotopic (exact) mass is 309 g/mol. The van der Waals surface area contributed by atoms with Crippen LogP contribution in [0.2, 0.25) is 0 Å². The van der Waals surface area contributed by atoms with Crippen molar-refractivity contribution in [3.8, 4) is 0 Å². The number of aromatic nitrogens is 1. The Kier molecular flexibility index (Phi) is 4.06. The Morgan fingerprint density at radius 1 is 1.19 bits per heavy atom. The number of hydrogen-bond donors (Lipinski definition) is 2. The molecular formula is C14H19N3O3S. The molecule has 0 saturated carbocycles. The van der Waals surface area contributed by atoms with Gasteiger partial charge in [-0.05, 0) is 44.4 Å². The first-order chi connectivity index (χ1) is 9.72. The van der Waals surface area contributed by atoms with Crippen LogP contribution in [0.1, 0.15) is 28.1 Å². The molecule has 0 radical (unpaired) electrons. The number of rotatable bonds is 4. The maximum absolute atomic E-state index is 12.5. The highest BCUT2D eigenvalue weighted by Crippen LogP contribution is 2.27. The Bertz CT molecular complexity index is 779. The molecule has 0 aliphatic rings. The summed E-state index contributed by atoms with van der Waals surface area (Å²) in [4.78, 5) is 0.224. The smallest absolute Gasteiger partial charge is 0.241 e. The van der Waals surface area contributed by atoms with E-state index >= 15 is 0 Å². The highest BCUT2D eigenvalue weighted by atomic mass is 32.2. The molecule has 0 aliphatic heterocycles. The molecule has 2 aromatic rings. The van der Waals surface area contributed by atoms with E-state index in [9.17, 15) is 8.42 Å². The Morgan fingerprint density at radius 2 is 1.86 bits per heavy atom. The Morgan fingerprint density at radius 3 is 2.43 bits per heavy atom. The third-order valence-electron chi connectivity index (χ3n) is 3.34. The van der Waals surface area contributed by atoms with Crippen molar-refractivity contribution in [1.29, 1.82) is 0 Å². The summed E-state index contributed by atoms with van der Waals surface area (Å²) >= 11 is 0. The average molecular weight is 309 g/mol. The zero-order valence-corrected chi connectivity index (χ0v) is 13.3. The molecule has 1 aromatic heterocycles. The van der Waals surface area contributed by atoms with Crippen molar-refractivity contribution in [3.63, 3.8) is 0 Å². The number of nitrogens with one attached hydrogen (secondary N) is 1. The van der Waals surface area contributed by atoms with Gasteiger partial charge in [0.25, 0.3) is 0 Å². The number of nitrogens with two attached hydrogens (primary N) is 1. The van der Waals surface area contributed by atoms with Crippen LogP contribution in [-0.4, -0.2) is 13.6 Å². The van der Waals surface area contributed by atoms with Crippen molar-refractivity contribution in [2.24, 2.45) is 0 Å². The first kappa shape index (κ1) is 15.5. The van der Waals surface area contributed by atoms with Crippen LogP contribution in [0.3, 0.4) is 0 Å². The van der Waals surface area contributed by atoms with E-state index in [0.717, 1.165) is 5.56 Å². The van der Waals surface area contributed by atoms with Crippen LogP contribution < -0.4 is 10.5 Å². The molecule has 3 N–H and O–H groups in total. The van der Waals surface area contributed by atoms with E-state index in [1.165, 1.54) is 0 Å². The molecule has 0 saturated heterocycles. The molecule has 0 aliphatic carbocycles. The highest BCUT2D eigenvalue weighted by Gasteiger charge is 2.22. The molecule has 21 heavy (non-hydrogen) atoms. The molecule has 1 heterocycles. The first-order valence-corrected chi connectivity index (χ1v) is 7.99. The first-order valence-electron chi connectivity index (χ1n) is 6.50. The van der Waals surface area contributed by atoms with Gasteiger partial charge >= 0.3 is 0 Å². The highest BCUT2D eigenvalue weighted by molar-refractivity contribution is 7.89. The number of hydrogen-bond acceptors (Lipinski definition) is 5. The predicted molar refractivity (Wildman–Crippen MR) is 80.3 cm³/mol. The minimum absolute atomic E-state index is 0.0514. The van der Waals surface area contributed by atoms with Crippen molar-refractivity contribution in [2.75, 3.05) is 5.73 Å². The molecular weight excluding hydrogens is 290 g/mol. The third-order valence-corrected chi connectivity index (χ3v) is 5.03. The molecule has 0 unspecified atom stereocenters. The second-order valence-electron chi connectivity index (χ2n) is 5.14. The normalized spacial score (nSPS) is 11.8. The topological polar surface area (TPSA) is 98.2 Å². The minimum Gasteiger partial charge on any atom is -0.398 e. The number of sulfonamides is 1. The van der Waals surface area contributed by atoms with Crippen molar-refractivity contribution in [3.05, 3.63) is 40.3 Å². The van der Waals surface area contributed by atoms with Crippen molar-refractivity contribution in [2.45, 2.75) is 39.1 Å². The lowest BCUT2D eigenvalue weighted by Crippen LogP contribution is -2.25. The van der Waals surface area contributed by atoms with E-state index in [2.05, 4.69) is 9.88 Å². The van der Waals surface area contributed by atoms with E-state index in [4.69, 9.17) is 10.3 Å². The number of nitrogen functional groups attached to an aromatic ring is 1. The molecule has 0 fully saturated rings. The van der Waals surface area contributed by atoms with Gasteiger partial charge in [-0.25, -0.2) is 13.1 Å². The summed E-state index contributed by atoms with van der Waals surface area (Å²) < 4.78 is 32.5. The largest absolute Gasteiger partial charge is 0.398 e. The Balaban J connectivity index is 2.34. The molecule has 114 valence electrons.